The van der Waals surface area contributed by atoms with Crippen LogP contribution in [0.5, 0.6) is 0 Å². The maximum Gasteiger partial charge on any atom is 0.327 e. The van der Waals surface area contributed by atoms with Crippen LogP contribution in [0.3, 0.4) is 0 Å². The van der Waals surface area contributed by atoms with Gasteiger partial charge in [-0.3, -0.25) is 0 Å². The summed E-state index contributed by atoms with van der Waals surface area (Å²) >= 11 is 3.81. The maximum absolute atomic E-state index is 11.0. The van der Waals surface area contributed by atoms with Crippen LogP contribution < -0.4 is 10.6 Å². The van der Waals surface area contributed by atoms with Gasteiger partial charge in [-0.1, -0.05) is 0 Å². The lowest BCUT2D eigenvalue weighted by Gasteiger charge is -2.12. The van der Waals surface area contributed by atoms with Crippen LogP contribution in [-0.4, -0.2) is 34.9 Å². The fraction of sp³-hybridized carbons (Fsp3) is 0.714. The molecule has 0 aromatic carbocycles. The number of carbonyl (C=O) groups excluding carboxylic acids is 1. The number of nitrogens with one attached hydrogen (secondary N) is 2. The lowest BCUT2D eigenvalue weighted by Crippen LogP contribution is -2.47. The number of carbonyl (C=O) groups is 2. The third-order valence-electron chi connectivity index (χ3n) is 1.70. The normalized spacial score (nSPS) is 17.6. The second kappa shape index (κ2) is 4.36. The van der Waals surface area contributed by atoms with Crippen LogP contribution in [0.2, 0.25) is 0 Å². The van der Waals surface area contributed by atoms with Crippen LogP contribution in [-0.2, 0) is 4.79 Å². The van der Waals surface area contributed by atoms with Gasteiger partial charge in [0.05, 0.1) is 0 Å². The van der Waals surface area contributed by atoms with E-state index >= 15 is 0 Å². The van der Waals surface area contributed by atoms with E-state index in [0.717, 1.165) is 12.8 Å². The van der Waals surface area contributed by atoms with Crippen molar-refractivity contribution in [3.05, 3.63) is 0 Å². The van der Waals surface area contributed by atoms with Gasteiger partial charge in [0, 0.05) is 11.8 Å². The first-order valence-corrected chi connectivity index (χ1v) is 4.67. The Morgan fingerprint density at radius 2 is 2.15 bits per heavy atom. The molecule has 0 aromatic rings. The Kier molecular flexibility index (Phi) is 3.41. The smallest absolute Gasteiger partial charge is 0.327 e. The summed E-state index contributed by atoms with van der Waals surface area (Å²) in [6.45, 7) is 0. The average molecular weight is 204 g/mol. The van der Waals surface area contributed by atoms with E-state index in [1.54, 1.807) is 0 Å². The van der Waals surface area contributed by atoms with Crippen molar-refractivity contribution in [2.45, 2.75) is 24.9 Å². The fourth-order valence-electron chi connectivity index (χ4n) is 0.798. The lowest BCUT2D eigenvalue weighted by molar-refractivity contribution is -0.138. The number of hydrogen-bond acceptors (Lipinski definition) is 3. The third-order valence-corrected chi connectivity index (χ3v) is 2.06. The Labute approximate surface area is 81.3 Å². The Bertz CT molecular complexity index is 218. The first-order chi connectivity index (χ1) is 6.13. The molecule has 0 spiro atoms. The number of thiol groups is 1. The van der Waals surface area contributed by atoms with E-state index in [9.17, 15) is 9.59 Å². The Balaban J connectivity index is 2.26. The van der Waals surface area contributed by atoms with Gasteiger partial charge in [0.2, 0.25) is 0 Å². The highest BCUT2D eigenvalue weighted by molar-refractivity contribution is 7.80. The summed E-state index contributed by atoms with van der Waals surface area (Å²) in [5.41, 5.74) is 0. The first kappa shape index (κ1) is 10.2. The molecular weight excluding hydrogens is 192 g/mol. The molecule has 6 heteroatoms. The van der Waals surface area contributed by atoms with Gasteiger partial charge in [-0.25, -0.2) is 9.59 Å². The van der Waals surface area contributed by atoms with Crippen molar-refractivity contribution in [3.8, 4) is 0 Å². The number of amides is 2. The summed E-state index contributed by atoms with van der Waals surface area (Å²) in [6, 6.07) is -1.11. The molecule has 1 saturated carbocycles. The van der Waals surface area contributed by atoms with Gasteiger partial charge < -0.3 is 15.7 Å². The van der Waals surface area contributed by atoms with Crippen molar-refractivity contribution in [3.63, 3.8) is 0 Å². The number of carboxylic acids is 1. The second-order valence-electron chi connectivity index (χ2n) is 2.97. The van der Waals surface area contributed by atoms with Crippen molar-refractivity contribution in [2.75, 3.05) is 5.75 Å². The molecule has 1 atom stereocenters. The molecule has 2 amide bonds. The number of rotatable bonds is 4. The van der Waals surface area contributed by atoms with Gasteiger partial charge in [0.1, 0.15) is 6.04 Å². The fourth-order valence-corrected chi connectivity index (χ4v) is 1.05. The van der Waals surface area contributed by atoms with Gasteiger partial charge in [-0.2, -0.15) is 12.6 Å². The molecule has 3 N–H and O–H groups in total. The predicted octanol–water partition coefficient (Wildman–Crippen LogP) is -0.169. The molecule has 0 aliphatic heterocycles. The van der Waals surface area contributed by atoms with E-state index in [-0.39, 0.29) is 11.8 Å². The summed E-state index contributed by atoms with van der Waals surface area (Å²) in [6.07, 6.45) is 1.96. The molecule has 13 heavy (non-hydrogen) atoms. The molecule has 0 aromatic heterocycles. The third kappa shape index (κ3) is 3.54. The van der Waals surface area contributed by atoms with Crippen molar-refractivity contribution in [2.24, 2.45) is 0 Å². The first-order valence-electron chi connectivity index (χ1n) is 4.04. The predicted molar refractivity (Wildman–Crippen MR) is 50.0 cm³/mol. The standard InChI is InChI=1S/C7H12N2O3S/c10-6(11)5(3-13)9-7(12)8-4-1-2-4/h4-5,13H,1-3H2,(H,10,11)(H2,8,9,12). The molecule has 0 saturated heterocycles. The van der Waals surface area contributed by atoms with Crippen LogP contribution >= 0.6 is 12.6 Å². The molecule has 1 aliphatic carbocycles. The van der Waals surface area contributed by atoms with E-state index in [1.807, 2.05) is 0 Å². The van der Waals surface area contributed by atoms with E-state index in [2.05, 4.69) is 23.3 Å². The minimum Gasteiger partial charge on any atom is -0.480 e. The monoisotopic (exact) mass is 204 g/mol. The summed E-state index contributed by atoms with van der Waals surface area (Å²) < 4.78 is 0. The van der Waals surface area contributed by atoms with E-state index in [4.69, 9.17) is 5.11 Å². The van der Waals surface area contributed by atoms with Crippen LogP contribution in [0.1, 0.15) is 12.8 Å². The molecular formula is C7H12N2O3S. The van der Waals surface area contributed by atoms with Crippen molar-refractivity contribution < 1.29 is 14.7 Å². The Morgan fingerprint density at radius 3 is 2.54 bits per heavy atom. The number of urea groups is 1. The highest BCUT2D eigenvalue weighted by atomic mass is 32.1. The molecule has 1 unspecified atom stereocenters. The topological polar surface area (TPSA) is 78.4 Å². The largest absolute Gasteiger partial charge is 0.480 e. The summed E-state index contributed by atoms with van der Waals surface area (Å²) in [4.78, 5) is 21.5. The molecule has 0 heterocycles. The quantitative estimate of drug-likeness (QED) is 0.480. The van der Waals surface area contributed by atoms with Crippen LogP contribution in [0.15, 0.2) is 0 Å². The summed E-state index contributed by atoms with van der Waals surface area (Å²) in [7, 11) is 0. The lowest BCUT2D eigenvalue weighted by atomic mass is 10.3. The number of carboxylic acid groups (broad SMARTS) is 1. The molecule has 74 valence electrons. The van der Waals surface area contributed by atoms with Crippen molar-refractivity contribution in [1.82, 2.24) is 10.6 Å². The van der Waals surface area contributed by atoms with Gasteiger partial charge in [0.15, 0.2) is 0 Å². The van der Waals surface area contributed by atoms with Gasteiger partial charge in [-0.15, -0.1) is 0 Å². The van der Waals surface area contributed by atoms with Crippen LogP contribution in [0.25, 0.3) is 0 Å². The zero-order chi connectivity index (χ0) is 9.84. The molecule has 0 bridgehead atoms. The summed E-state index contributed by atoms with van der Waals surface area (Å²) in [5.74, 6) is -0.978. The average Bonchev–Trinajstić information content (AvgIpc) is 2.83. The van der Waals surface area contributed by atoms with Gasteiger partial charge in [0.25, 0.3) is 0 Å². The number of hydrogen-bond donors (Lipinski definition) is 4. The Morgan fingerprint density at radius 1 is 1.54 bits per heavy atom. The molecule has 1 fully saturated rings. The molecule has 5 nitrogen and oxygen atoms in total. The van der Waals surface area contributed by atoms with E-state index in [0.29, 0.717) is 0 Å². The van der Waals surface area contributed by atoms with Crippen molar-refractivity contribution >= 4 is 24.6 Å². The molecule has 1 rings (SSSR count). The van der Waals surface area contributed by atoms with Crippen LogP contribution in [0, 0.1) is 0 Å². The zero-order valence-electron chi connectivity index (χ0n) is 6.99. The minimum absolute atomic E-state index is 0.0907. The molecule has 1 aliphatic rings. The van der Waals surface area contributed by atoms with Crippen LogP contribution in [0.4, 0.5) is 4.79 Å². The summed E-state index contributed by atoms with van der Waals surface area (Å²) in [5, 5.41) is 13.5. The second-order valence-corrected chi connectivity index (χ2v) is 3.33. The minimum atomic E-state index is -1.07. The number of aliphatic carboxylic acids is 1. The zero-order valence-corrected chi connectivity index (χ0v) is 7.88. The SMILES string of the molecule is O=C(NC1CC1)NC(CS)C(=O)O. The highest BCUT2D eigenvalue weighted by Crippen LogP contribution is 2.18. The van der Waals surface area contributed by atoms with Gasteiger partial charge >= 0.3 is 12.0 Å². The molecule has 0 radical (unpaired) electrons. The van der Waals surface area contributed by atoms with E-state index < -0.39 is 18.0 Å². The Hall–Kier alpha value is -0.910. The highest BCUT2D eigenvalue weighted by Gasteiger charge is 2.25. The van der Waals surface area contributed by atoms with E-state index in [1.165, 1.54) is 0 Å². The maximum atomic E-state index is 11.0. The van der Waals surface area contributed by atoms with Crippen molar-refractivity contribution in [1.29, 1.82) is 0 Å². The van der Waals surface area contributed by atoms with Gasteiger partial charge in [-0.05, 0) is 12.8 Å².